The molecule has 0 spiro atoms. The van der Waals surface area contributed by atoms with Gasteiger partial charge in [-0.2, -0.15) is 0 Å². The largest absolute Gasteiger partial charge is 0.342 e. The van der Waals surface area contributed by atoms with Crippen LogP contribution in [-0.4, -0.2) is 11.9 Å². The molecule has 1 amide bonds. The molecule has 100 valence electrons. The Morgan fingerprint density at radius 2 is 1.89 bits per heavy atom. The van der Waals surface area contributed by atoms with E-state index in [2.05, 4.69) is 57.3 Å². The van der Waals surface area contributed by atoms with Crippen LogP contribution in [-0.2, 0) is 5.41 Å². The van der Waals surface area contributed by atoms with Crippen molar-refractivity contribution < 1.29 is 4.79 Å². The first kappa shape index (κ1) is 15.0. The third kappa shape index (κ3) is 4.02. The molecule has 3 heteroatoms. The van der Waals surface area contributed by atoms with Crippen LogP contribution in [0.25, 0.3) is 0 Å². The van der Waals surface area contributed by atoms with E-state index in [1.807, 2.05) is 0 Å². The van der Waals surface area contributed by atoms with E-state index in [1.165, 1.54) is 11.1 Å². The number of halogens is 1. The quantitative estimate of drug-likeness (QED) is 0.621. The summed E-state index contributed by atoms with van der Waals surface area (Å²) in [7, 11) is 0. The van der Waals surface area contributed by atoms with Gasteiger partial charge in [0, 0.05) is 12.0 Å². The lowest BCUT2D eigenvalue weighted by molar-refractivity contribution is 0.257. The average Bonchev–Trinajstić information content (AvgIpc) is 2.36. The lowest BCUT2D eigenvalue weighted by Crippen LogP contribution is -2.34. The Kier molecular flexibility index (Phi) is 5.21. The topological polar surface area (TPSA) is 29.1 Å². The lowest BCUT2D eigenvalue weighted by atomic mass is 9.83. The number of hydrogen-bond donors (Lipinski definition) is 1. The highest BCUT2D eigenvalue weighted by molar-refractivity contribution is 6.62. The van der Waals surface area contributed by atoms with Gasteiger partial charge in [0.15, 0.2) is 0 Å². The zero-order valence-electron chi connectivity index (χ0n) is 11.6. The molecule has 1 N–H and O–H groups in total. The molecule has 0 radical (unpaired) electrons. The minimum atomic E-state index is -0.501. The Labute approximate surface area is 115 Å². The van der Waals surface area contributed by atoms with Crippen molar-refractivity contribution in [1.29, 1.82) is 0 Å². The molecule has 0 aliphatic rings. The van der Waals surface area contributed by atoms with Crippen LogP contribution < -0.4 is 5.32 Å². The van der Waals surface area contributed by atoms with Gasteiger partial charge in [0.1, 0.15) is 0 Å². The van der Waals surface area contributed by atoms with Gasteiger partial charge in [0.2, 0.25) is 0 Å². The molecule has 1 atom stereocenters. The third-order valence-corrected chi connectivity index (χ3v) is 3.68. The fourth-order valence-corrected chi connectivity index (χ4v) is 1.96. The van der Waals surface area contributed by atoms with Crippen LogP contribution >= 0.6 is 11.6 Å². The molecule has 0 aliphatic carbocycles. The number of carbonyl (C=O) groups excluding carboxylic acids is 1. The number of amides is 1. The van der Waals surface area contributed by atoms with Crippen molar-refractivity contribution in [1.82, 2.24) is 5.32 Å². The molecule has 1 unspecified atom stereocenters. The fraction of sp³-hybridized carbons (Fsp3) is 0.533. The van der Waals surface area contributed by atoms with Gasteiger partial charge in [-0.1, -0.05) is 52.0 Å². The smallest absolute Gasteiger partial charge is 0.313 e. The predicted octanol–water partition coefficient (Wildman–Crippen LogP) is 4.43. The fourth-order valence-electron chi connectivity index (χ4n) is 1.89. The van der Waals surface area contributed by atoms with E-state index < -0.39 is 5.37 Å². The van der Waals surface area contributed by atoms with Crippen molar-refractivity contribution in [3.63, 3.8) is 0 Å². The summed E-state index contributed by atoms with van der Waals surface area (Å²) in [5.41, 5.74) is 2.46. The Bertz CT molecular complexity index is 397. The van der Waals surface area contributed by atoms with Gasteiger partial charge in [0.25, 0.3) is 0 Å². The van der Waals surface area contributed by atoms with Crippen LogP contribution in [0.1, 0.15) is 51.2 Å². The van der Waals surface area contributed by atoms with Crippen LogP contribution in [0.5, 0.6) is 0 Å². The summed E-state index contributed by atoms with van der Waals surface area (Å²) in [6, 6.07) is 8.63. The van der Waals surface area contributed by atoms with Crippen LogP contribution in [0.3, 0.4) is 0 Å². The van der Waals surface area contributed by atoms with E-state index in [0.29, 0.717) is 12.5 Å². The molecule has 1 rings (SSSR count). The summed E-state index contributed by atoms with van der Waals surface area (Å²) in [6.45, 7) is 9.15. The minimum Gasteiger partial charge on any atom is -0.342 e. The van der Waals surface area contributed by atoms with E-state index >= 15 is 0 Å². The maximum absolute atomic E-state index is 10.8. The second-order valence-corrected chi connectivity index (χ2v) is 5.79. The molecular weight excluding hydrogens is 246 g/mol. The lowest BCUT2D eigenvalue weighted by Gasteiger charge is -2.25. The summed E-state index contributed by atoms with van der Waals surface area (Å²) in [4.78, 5) is 10.8. The second kappa shape index (κ2) is 6.24. The van der Waals surface area contributed by atoms with Crippen molar-refractivity contribution in [2.24, 2.45) is 0 Å². The van der Waals surface area contributed by atoms with Crippen LogP contribution in [0, 0.1) is 0 Å². The van der Waals surface area contributed by atoms with Gasteiger partial charge < -0.3 is 5.32 Å². The molecule has 2 nitrogen and oxygen atoms in total. The van der Waals surface area contributed by atoms with Crippen LogP contribution in [0.2, 0.25) is 0 Å². The van der Waals surface area contributed by atoms with Crippen molar-refractivity contribution in [2.75, 3.05) is 6.54 Å². The average molecular weight is 268 g/mol. The van der Waals surface area contributed by atoms with E-state index in [0.717, 1.165) is 6.42 Å². The highest BCUT2D eigenvalue weighted by Crippen LogP contribution is 2.25. The molecule has 0 aromatic heterocycles. The molecule has 0 heterocycles. The summed E-state index contributed by atoms with van der Waals surface area (Å²) >= 11 is 5.31. The predicted molar refractivity (Wildman–Crippen MR) is 77.4 cm³/mol. The Morgan fingerprint density at radius 3 is 2.33 bits per heavy atom. The number of rotatable bonds is 5. The number of hydrogen-bond acceptors (Lipinski definition) is 1. The molecule has 0 bridgehead atoms. The van der Waals surface area contributed by atoms with Crippen molar-refractivity contribution >= 4 is 17.0 Å². The summed E-state index contributed by atoms with van der Waals surface area (Å²) in [6.07, 6.45) is 1.14. The van der Waals surface area contributed by atoms with E-state index in [9.17, 15) is 4.79 Å². The van der Waals surface area contributed by atoms with Crippen molar-refractivity contribution in [3.05, 3.63) is 35.4 Å². The van der Waals surface area contributed by atoms with E-state index in [4.69, 9.17) is 11.6 Å². The van der Waals surface area contributed by atoms with Gasteiger partial charge in [-0.05, 0) is 35.1 Å². The van der Waals surface area contributed by atoms with E-state index in [-0.39, 0.29) is 5.41 Å². The van der Waals surface area contributed by atoms with Crippen molar-refractivity contribution in [3.8, 4) is 0 Å². The van der Waals surface area contributed by atoms with E-state index in [1.54, 1.807) is 0 Å². The summed E-state index contributed by atoms with van der Waals surface area (Å²) in [5.74, 6) is 0.588. The maximum Gasteiger partial charge on any atom is 0.313 e. The summed E-state index contributed by atoms with van der Waals surface area (Å²) in [5, 5.41) is 2.16. The normalized spacial score (nSPS) is 13.2. The molecule has 0 aliphatic heterocycles. The monoisotopic (exact) mass is 267 g/mol. The first-order chi connectivity index (χ1) is 8.36. The third-order valence-electron chi connectivity index (χ3n) is 3.54. The van der Waals surface area contributed by atoms with Gasteiger partial charge in [0.05, 0.1) is 0 Å². The molecule has 1 aromatic rings. The van der Waals surface area contributed by atoms with Crippen molar-refractivity contribution in [2.45, 2.75) is 45.4 Å². The van der Waals surface area contributed by atoms with Crippen LogP contribution in [0.4, 0.5) is 4.79 Å². The molecule has 0 saturated heterocycles. The van der Waals surface area contributed by atoms with Crippen LogP contribution in [0.15, 0.2) is 24.3 Å². The summed E-state index contributed by atoms with van der Waals surface area (Å²) < 4.78 is 0. The second-order valence-electron chi connectivity index (χ2n) is 5.44. The number of nitrogens with one attached hydrogen (secondary N) is 1. The molecule has 1 aromatic carbocycles. The molecular formula is C15H22ClNO. The van der Waals surface area contributed by atoms with Gasteiger partial charge >= 0.3 is 5.37 Å². The van der Waals surface area contributed by atoms with Gasteiger partial charge in [-0.3, -0.25) is 4.79 Å². The van der Waals surface area contributed by atoms with Gasteiger partial charge in [-0.15, -0.1) is 0 Å². The zero-order chi connectivity index (χ0) is 13.8. The highest BCUT2D eigenvalue weighted by atomic mass is 35.5. The SMILES string of the molecule is CCC(C)c1ccc(C(C)(C)CNC(=O)Cl)cc1. The first-order valence-corrected chi connectivity index (χ1v) is 6.78. The molecule has 0 fully saturated rings. The Hall–Kier alpha value is -1.02. The highest BCUT2D eigenvalue weighted by Gasteiger charge is 2.21. The molecule has 0 saturated carbocycles. The zero-order valence-corrected chi connectivity index (χ0v) is 12.3. The maximum atomic E-state index is 10.8. The molecule has 18 heavy (non-hydrogen) atoms. The Morgan fingerprint density at radius 1 is 1.33 bits per heavy atom. The minimum absolute atomic E-state index is 0.113. The standard InChI is InChI=1S/C15H22ClNO/c1-5-11(2)12-6-8-13(9-7-12)15(3,4)10-17-14(16)18/h6-9,11H,5,10H2,1-4H3,(H,17,18). The number of benzene rings is 1. The van der Waals surface area contributed by atoms with Gasteiger partial charge in [-0.25, -0.2) is 0 Å². The number of carbonyl (C=O) groups is 1. The Balaban J connectivity index is 2.80. The first-order valence-electron chi connectivity index (χ1n) is 6.40.